The van der Waals surface area contributed by atoms with E-state index in [-0.39, 0.29) is 18.5 Å². The van der Waals surface area contributed by atoms with Crippen LogP contribution >= 0.6 is 0 Å². The molecule has 2 aliphatic heterocycles. The van der Waals surface area contributed by atoms with Gasteiger partial charge >= 0.3 is 12.0 Å². The Hall–Kier alpha value is -3.81. The molecule has 3 amide bonds. The molecule has 0 bridgehead atoms. The van der Waals surface area contributed by atoms with Gasteiger partial charge < -0.3 is 19.4 Å². The van der Waals surface area contributed by atoms with Crippen LogP contribution in [0.2, 0.25) is 0 Å². The van der Waals surface area contributed by atoms with Gasteiger partial charge in [-0.3, -0.25) is 4.79 Å². The summed E-state index contributed by atoms with van der Waals surface area (Å²) < 4.78 is 10.4. The minimum absolute atomic E-state index is 0.274. The van der Waals surface area contributed by atoms with Crippen LogP contribution in [0.4, 0.5) is 10.5 Å². The zero-order chi connectivity index (χ0) is 22.6. The van der Waals surface area contributed by atoms with Gasteiger partial charge in [-0.05, 0) is 68.3 Å². The number of imide groups is 1. The predicted octanol–water partition coefficient (Wildman–Crippen LogP) is 3.59. The minimum Gasteiger partial charge on any atom is -0.497 e. The van der Waals surface area contributed by atoms with E-state index < -0.39 is 11.5 Å². The zero-order valence-electron chi connectivity index (χ0n) is 18.1. The molecule has 8 heteroatoms. The lowest BCUT2D eigenvalue weighted by Gasteiger charge is -2.35. The molecule has 3 heterocycles. The number of nitrogens with one attached hydrogen (secondary N) is 1. The van der Waals surface area contributed by atoms with Crippen LogP contribution in [0, 0.1) is 0 Å². The normalized spacial score (nSPS) is 19.8. The fraction of sp³-hybridized carbons (Fsp3) is 0.292. The number of ether oxygens (including phenoxy) is 2. The number of methoxy groups -OCH3 is 1. The number of aromatic amines is 1. The molecule has 164 valence electrons. The third-order valence-electron chi connectivity index (χ3n) is 6.40. The highest BCUT2D eigenvalue weighted by Gasteiger charge is 2.59. The maximum atomic E-state index is 13.7. The molecule has 2 aromatic carbocycles. The molecule has 3 aromatic rings. The van der Waals surface area contributed by atoms with Crippen molar-refractivity contribution in [2.75, 3.05) is 25.2 Å². The molecule has 1 N–H and O–H groups in total. The first-order valence-corrected chi connectivity index (χ1v) is 10.5. The number of hydrogen-bond donors (Lipinski definition) is 1. The summed E-state index contributed by atoms with van der Waals surface area (Å²) in [6.07, 6.45) is 0.632. The summed E-state index contributed by atoms with van der Waals surface area (Å²) in [6, 6.07) is 11.7. The molecule has 1 unspecified atom stereocenters. The molecule has 1 aromatic heterocycles. The van der Waals surface area contributed by atoms with Crippen LogP contribution < -0.4 is 9.64 Å². The number of H-pyrrole nitrogens is 1. The summed E-state index contributed by atoms with van der Waals surface area (Å²) in [5.41, 5.74) is 2.30. The Morgan fingerprint density at radius 2 is 1.91 bits per heavy atom. The number of benzene rings is 2. The van der Waals surface area contributed by atoms with Gasteiger partial charge in [0.05, 0.1) is 30.7 Å². The van der Waals surface area contributed by atoms with E-state index in [9.17, 15) is 14.4 Å². The van der Waals surface area contributed by atoms with Crippen molar-refractivity contribution in [2.24, 2.45) is 0 Å². The van der Waals surface area contributed by atoms with Crippen LogP contribution in [0.25, 0.3) is 10.9 Å². The van der Waals surface area contributed by atoms with E-state index in [0.29, 0.717) is 24.2 Å². The molecular formula is C24H23N3O5. The molecule has 5 rings (SSSR count). The first kappa shape index (κ1) is 20.1. The van der Waals surface area contributed by atoms with Crippen molar-refractivity contribution >= 4 is 34.5 Å². The summed E-state index contributed by atoms with van der Waals surface area (Å²) in [5, 5.41) is 0.998. The number of hydrogen-bond acceptors (Lipinski definition) is 5. The van der Waals surface area contributed by atoms with Gasteiger partial charge in [0.1, 0.15) is 5.75 Å². The monoisotopic (exact) mass is 433 g/mol. The van der Waals surface area contributed by atoms with Gasteiger partial charge in [-0.2, -0.15) is 0 Å². The minimum atomic E-state index is -1.14. The summed E-state index contributed by atoms with van der Waals surface area (Å²) in [4.78, 5) is 45.1. The molecule has 1 saturated heterocycles. The molecule has 1 atom stereocenters. The van der Waals surface area contributed by atoms with E-state index in [1.165, 1.54) is 4.90 Å². The number of anilines is 1. The van der Waals surface area contributed by atoms with Crippen molar-refractivity contribution in [2.45, 2.75) is 25.8 Å². The Bertz CT molecular complexity index is 1260. The fourth-order valence-corrected chi connectivity index (χ4v) is 4.73. The van der Waals surface area contributed by atoms with E-state index in [1.807, 2.05) is 18.2 Å². The molecule has 0 radical (unpaired) electrons. The number of amides is 3. The Kier molecular flexibility index (Phi) is 4.47. The largest absolute Gasteiger partial charge is 0.497 e. The highest BCUT2D eigenvalue weighted by atomic mass is 16.5. The van der Waals surface area contributed by atoms with Crippen molar-refractivity contribution in [3.8, 4) is 5.75 Å². The third-order valence-corrected chi connectivity index (χ3v) is 6.40. The average molecular weight is 433 g/mol. The molecule has 0 aliphatic carbocycles. The Balaban J connectivity index is 1.56. The molecular weight excluding hydrogens is 410 g/mol. The SMILES string of the molecule is CCOC(=O)c1ccc(N2C(=O)N3CCc4c([nH]c5ccc(OC)cc45)C3(C)C2=O)cc1. The topological polar surface area (TPSA) is 91.9 Å². The lowest BCUT2D eigenvalue weighted by molar-refractivity contribution is -0.125. The maximum Gasteiger partial charge on any atom is 0.338 e. The number of nitrogens with zero attached hydrogens (tertiary/aromatic N) is 2. The molecule has 8 nitrogen and oxygen atoms in total. The van der Waals surface area contributed by atoms with Gasteiger partial charge in [-0.1, -0.05) is 0 Å². The standard InChI is InChI=1S/C24H23N3O5/c1-4-32-21(28)14-5-7-15(8-6-14)27-22(29)24(2)20-17(11-12-26(24)23(27)30)18-13-16(31-3)9-10-19(18)25-20/h5-10,13,25H,4,11-12H2,1-3H3. The van der Waals surface area contributed by atoms with Crippen LogP contribution in [0.15, 0.2) is 42.5 Å². The number of rotatable bonds is 4. The van der Waals surface area contributed by atoms with Crippen LogP contribution in [0.1, 0.15) is 35.5 Å². The van der Waals surface area contributed by atoms with Crippen molar-refractivity contribution < 1.29 is 23.9 Å². The average Bonchev–Trinajstić information content (AvgIpc) is 3.27. The number of urea groups is 1. The van der Waals surface area contributed by atoms with E-state index in [1.54, 1.807) is 50.1 Å². The van der Waals surface area contributed by atoms with Gasteiger partial charge in [0, 0.05) is 17.4 Å². The van der Waals surface area contributed by atoms with Crippen molar-refractivity contribution in [3.05, 3.63) is 59.3 Å². The molecule has 1 fully saturated rings. The van der Waals surface area contributed by atoms with Gasteiger partial charge in [-0.15, -0.1) is 0 Å². The lowest BCUT2D eigenvalue weighted by atomic mass is 9.87. The zero-order valence-corrected chi connectivity index (χ0v) is 18.1. The highest BCUT2D eigenvalue weighted by Crippen LogP contribution is 2.45. The maximum absolute atomic E-state index is 13.7. The molecule has 32 heavy (non-hydrogen) atoms. The summed E-state index contributed by atoms with van der Waals surface area (Å²) >= 11 is 0. The first-order valence-electron chi connectivity index (χ1n) is 10.5. The number of carbonyl (C=O) groups is 3. The highest BCUT2D eigenvalue weighted by molar-refractivity contribution is 6.23. The number of carbonyl (C=O) groups excluding carboxylic acids is 3. The lowest BCUT2D eigenvalue weighted by Crippen LogP contribution is -2.49. The van der Waals surface area contributed by atoms with Gasteiger partial charge in [0.15, 0.2) is 5.54 Å². The second-order valence-electron chi connectivity index (χ2n) is 8.05. The number of aromatic nitrogens is 1. The second-order valence-corrected chi connectivity index (χ2v) is 8.05. The first-order chi connectivity index (χ1) is 15.4. The van der Waals surface area contributed by atoms with E-state index in [0.717, 1.165) is 27.9 Å². The van der Waals surface area contributed by atoms with E-state index in [4.69, 9.17) is 9.47 Å². The van der Waals surface area contributed by atoms with Crippen LogP contribution in [-0.2, 0) is 21.5 Å². The second kappa shape index (κ2) is 7.12. The molecule has 0 spiro atoms. The van der Waals surface area contributed by atoms with Crippen molar-refractivity contribution in [3.63, 3.8) is 0 Å². The quantitative estimate of drug-likeness (QED) is 0.501. The van der Waals surface area contributed by atoms with Crippen LogP contribution in [0.5, 0.6) is 5.75 Å². The van der Waals surface area contributed by atoms with E-state index in [2.05, 4.69) is 4.98 Å². The van der Waals surface area contributed by atoms with Gasteiger partial charge in [0.25, 0.3) is 5.91 Å². The predicted molar refractivity (Wildman–Crippen MR) is 118 cm³/mol. The van der Waals surface area contributed by atoms with Gasteiger partial charge in [0.2, 0.25) is 0 Å². The number of fused-ring (bicyclic) bond motifs is 5. The Morgan fingerprint density at radius 3 is 2.59 bits per heavy atom. The van der Waals surface area contributed by atoms with Crippen molar-refractivity contribution in [1.29, 1.82) is 0 Å². The smallest absolute Gasteiger partial charge is 0.338 e. The Labute approximate surface area is 184 Å². The van der Waals surface area contributed by atoms with E-state index >= 15 is 0 Å². The summed E-state index contributed by atoms with van der Waals surface area (Å²) in [5.74, 6) is -0.0319. The van der Waals surface area contributed by atoms with Crippen LogP contribution in [0.3, 0.4) is 0 Å². The molecule has 0 saturated carbocycles. The molecule has 2 aliphatic rings. The summed E-state index contributed by atoms with van der Waals surface area (Å²) in [6.45, 7) is 4.22. The summed E-state index contributed by atoms with van der Waals surface area (Å²) in [7, 11) is 1.62. The number of esters is 1. The van der Waals surface area contributed by atoms with Gasteiger partial charge in [-0.25, -0.2) is 14.5 Å². The third kappa shape index (κ3) is 2.65. The Morgan fingerprint density at radius 1 is 1.16 bits per heavy atom. The van der Waals surface area contributed by atoms with Crippen molar-refractivity contribution in [1.82, 2.24) is 9.88 Å². The van der Waals surface area contributed by atoms with Crippen LogP contribution in [-0.4, -0.2) is 48.1 Å². The fourth-order valence-electron chi connectivity index (χ4n) is 4.73.